The van der Waals surface area contributed by atoms with Crippen LogP contribution in [-0.2, 0) is 6.61 Å². The van der Waals surface area contributed by atoms with Crippen LogP contribution < -0.4 is 4.74 Å². The number of benzene rings is 2. The maximum absolute atomic E-state index is 13.6. The molecule has 0 radical (unpaired) electrons. The van der Waals surface area contributed by atoms with Gasteiger partial charge in [-0.1, -0.05) is 23.4 Å². The first-order valence-electron chi connectivity index (χ1n) is 6.67. The van der Waals surface area contributed by atoms with Crippen LogP contribution in [0.1, 0.15) is 16.2 Å². The van der Waals surface area contributed by atoms with E-state index in [0.29, 0.717) is 5.75 Å². The van der Waals surface area contributed by atoms with Crippen molar-refractivity contribution in [2.24, 2.45) is 0 Å². The van der Waals surface area contributed by atoms with Crippen LogP contribution in [0.25, 0.3) is 11.4 Å². The van der Waals surface area contributed by atoms with Gasteiger partial charge in [-0.2, -0.15) is 4.98 Å². The van der Waals surface area contributed by atoms with Crippen molar-refractivity contribution in [2.75, 3.05) is 0 Å². The summed E-state index contributed by atoms with van der Waals surface area (Å²) in [5, 5.41) is 12.6. The molecule has 0 atom stereocenters. The standard InChI is InChI=1S/C16H11FN2O4/c17-13-7-2-1-6-12(13)15-18-14(23-19-15)9-22-11-5-3-4-10(8-11)16(20)21/h1-8H,9H2,(H,20,21). The van der Waals surface area contributed by atoms with Gasteiger partial charge in [-0.15, -0.1) is 0 Å². The molecule has 0 bridgehead atoms. The first-order chi connectivity index (χ1) is 11.1. The van der Waals surface area contributed by atoms with Crippen molar-refractivity contribution >= 4 is 5.97 Å². The number of aromatic carboxylic acids is 1. The number of carboxylic acid groups (broad SMARTS) is 1. The van der Waals surface area contributed by atoms with E-state index in [4.69, 9.17) is 14.4 Å². The zero-order valence-electron chi connectivity index (χ0n) is 11.8. The smallest absolute Gasteiger partial charge is 0.335 e. The van der Waals surface area contributed by atoms with E-state index in [1.54, 1.807) is 30.3 Å². The van der Waals surface area contributed by atoms with Crippen molar-refractivity contribution in [1.82, 2.24) is 10.1 Å². The Morgan fingerprint density at radius 1 is 1.22 bits per heavy atom. The topological polar surface area (TPSA) is 85.5 Å². The summed E-state index contributed by atoms with van der Waals surface area (Å²) in [7, 11) is 0. The largest absolute Gasteiger partial charge is 0.484 e. The average molecular weight is 314 g/mol. The normalized spacial score (nSPS) is 10.5. The summed E-state index contributed by atoms with van der Waals surface area (Å²) in [6, 6.07) is 12.1. The molecule has 0 aliphatic heterocycles. The number of nitrogens with zero attached hydrogens (tertiary/aromatic N) is 2. The van der Waals surface area contributed by atoms with E-state index in [-0.39, 0.29) is 29.4 Å². The van der Waals surface area contributed by atoms with Gasteiger partial charge in [-0.3, -0.25) is 0 Å². The van der Waals surface area contributed by atoms with Gasteiger partial charge in [0.2, 0.25) is 5.82 Å². The van der Waals surface area contributed by atoms with Crippen molar-refractivity contribution in [3.05, 3.63) is 65.8 Å². The minimum absolute atomic E-state index is 0.0511. The fraction of sp³-hybridized carbons (Fsp3) is 0.0625. The Balaban J connectivity index is 1.72. The minimum Gasteiger partial charge on any atom is -0.484 e. The first kappa shape index (κ1) is 14.7. The Kier molecular flexibility index (Phi) is 4.01. The highest BCUT2D eigenvalue weighted by Gasteiger charge is 2.13. The third-order valence-corrected chi connectivity index (χ3v) is 3.03. The van der Waals surface area contributed by atoms with Crippen LogP contribution in [0.5, 0.6) is 5.75 Å². The van der Waals surface area contributed by atoms with Crippen LogP contribution in [0, 0.1) is 5.82 Å². The molecule has 3 rings (SSSR count). The highest BCUT2D eigenvalue weighted by atomic mass is 19.1. The maximum Gasteiger partial charge on any atom is 0.335 e. The van der Waals surface area contributed by atoms with Crippen molar-refractivity contribution in [1.29, 1.82) is 0 Å². The zero-order valence-corrected chi connectivity index (χ0v) is 11.8. The molecule has 6 nitrogen and oxygen atoms in total. The van der Waals surface area contributed by atoms with Crippen LogP contribution in [0.3, 0.4) is 0 Å². The van der Waals surface area contributed by atoms with Crippen molar-refractivity contribution < 1.29 is 23.6 Å². The van der Waals surface area contributed by atoms with Crippen molar-refractivity contribution in [2.45, 2.75) is 6.61 Å². The highest BCUT2D eigenvalue weighted by molar-refractivity contribution is 5.87. The Morgan fingerprint density at radius 3 is 2.83 bits per heavy atom. The van der Waals surface area contributed by atoms with Gasteiger partial charge < -0.3 is 14.4 Å². The third-order valence-electron chi connectivity index (χ3n) is 3.03. The minimum atomic E-state index is -1.05. The van der Waals surface area contributed by atoms with Crippen molar-refractivity contribution in [3.63, 3.8) is 0 Å². The molecule has 0 aliphatic rings. The number of carbonyl (C=O) groups is 1. The molecule has 1 heterocycles. The number of carboxylic acids is 1. The van der Waals surface area contributed by atoms with Crippen LogP contribution in [0.4, 0.5) is 4.39 Å². The maximum atomic E-state index is 13.6. The second kappa shape index (κ2) is 6.27. The summed E-state index contributed by atoms with van der Waals surface area (Å²) < 4.78 is 24.1. The summed E-state index contributed by atoms with van der Waals surface area (Å²) in [6.45, 7) is -0.0511. The van der Waals surface area contributed by atoms with E-state index in [9.17, 15) is 9.18 Å². The van der Waals surface area contributed by atoms with Crippen LogP contribution >= 0.6 is 0 Å². The highest BCUT2D eigenvalue weighted by Crippen LogP contribution is 2.20. The molecule has 1 N–H and O–H groups in total. The molecule has 0 spiro atoms. The second-order valence-corrected chi connectivity index (χ2v) is 4.61. The fourth-order valence-electron chi connectivity index (χ4n) is 1.93. The quantitative estimate of drug-likeness (QED) is 0.778. The summed E-state index contributed by atoms with van der Waals surface area (Å²) >= 11 is 0. The molecule has 23 heavy (non-hydrogen) atoms. The average Bonchev–Trinajstić information content (AvgIpc) is 3.02. The van der Waals surface area contributed by atoms with E-state index in [2.05, 4.69) is 10.1 Å². The van der Waals surface area contributed by atoms with E-state index in [0.717, 1.165) is 0 Å². The summed E-state index contributed by atoms with van der Waals surface area (Å²) in [5.74, 6) is -0.856. The van der Waals surface area contributed by atoms with E-state index < -0.39 is 11.8 Å². The molecule has 116 valence electrons. The molecular formula is C16H11FN2O4. The van der Waals surface area contributed by atoms with Crippen LogP contribution in [0.2, 0.25) is 0 Å². The SMILES string of the molecule is O=C(O)c1cccc(OCc2nc(-c3ccccc3F)no2)c1. The number of halogens is 1. The predicted octanol–water partition coefficient (Wildman–Crippen LogP) is 3.15. The lowest BCUT2D eigenvalue weighted by molar-refractivity contribution is 0.0696. The van der Waals surface area contributed by atoms with Crippen LogP contribution in [0.15, 0.2) is 53.1 Å². The summed E-state index contributed by atoms with van der Waals surface area (Å²) in [6.07, 6.45) is 0. The molecule has 0 fully saturated rings. The Hall–Kier alpha value is -3.22. The van der Waals surface area contributed by atoms with Gasteiger partial charge in [0.05, 0.1) is 11.1 Å². The second-order valence-electron chi connectivity index (χ2n) is 4.61. The lowest BCUT2D eigenvalue weighted by Crippen LogP contribution is -1.99. The number of hydrogen-bond acceptors (Lipinski definition) is 5. The van der Waals surface area contributed by atoms with Gasteiger partial charge in [0.1, 0.15) is 11.6 Å². The van der Waals surface area contributed by atoms with Crippen molar-refractivity contribution in [3.8, 4) is 17.1 Å². The van der Waals surface area contributed by atoms with Gasteiger partial charge in [0.25, 0.3) is 5.89 Å². The molecule has 0 unspecified atom stereocenters. The number of rotatable bonds is 5. The molecule has 3 aromatic rings. The van der Waals surface area contributed by atoms with Crippen LogP contribution in [-0.4, -0.2) is 21.2 Å². The third kappa shape index (κ3) is 3.34. The monoisotopic (exact) mass is 314 g/mol. The van der Waals surface area contributed by atoms with Gasteiger partial charge in [-0.05, 0) is 30.3 Å². The van der Waals surface area contributed by atoms with Gasteiger partial charge in [0, 0.05) is 0 Å². The number of ether oxygens (including phenoxy) is 1. The fourth-order valence-corrected chi connectivity index (χ4v) is 1.93. The van der Waals surface area contributed by atoms with E-state index >= 15 is 0 Å². The number of aromatic nitrogens is 2. The lowest BCUT2D eigenvalue weighted by atomic mass is 10.2. The zero-order chi connectivity index (χ0) is 16.2. The predicted molar refractivity (Wildman–Crippen MR) is 77.4 cm³/mol. The van der Waals surface area contributed by atoms with Gasteiger partial charge >= 0.3 is 5.97 Å². The Labute approximate surface area is 130 Å². The molecule has 7 heteroatoms. The molecule has 0 aliphatic carbocycles. The molecular weight excluding hydrogens is 303 g/mol. The van der Waals surface area contributed by atoms with Gasteiger partial charge in [-0.25, -0.2) is 9.18 Å². The summed E-state index contributed by atoms with van der Waals surface area (Å²) in [4.78, 5) is 14.9. The number of hydrogen-bond donors (Lipinski definition) is 1. The Bertz CT molecular complexity index is 847. The molecule has 0 saturated carbocycles. The molecule has 1 aromatic heterocycles. The van der Waals surface area contributed by atoms with E-state index in [1.807, 2.05) is 0 Å². The first-order valence-corrected chi connectivity index (χ1v) is 6.67. The Morgan fingerprint density at radius 2 is 2.04 bits per heavy atom. The molecule has 0 amide bonds. The molecule has 0 saturated heterocycles. The van der Waals surface area contributed by atoms with E-state index in [1.165, 1.54) is 18.2 Å². The molecule has 2 aromatic carbocycles. The van der Waals surface area contributed by atoms with Gasteiger partial charge in [0.15, 0.2) is 6.61 Å². The lowest BCUT2D eigenvalue weighted by Gasteiger charge is -2.03. The summed E-state index contributed by atoms with van der Waals surface area (Å²) in [5.41, 5.74) is 0.343.